The van der Waals surface area contributed by atoms with E-state index in [0.29, 0.717) is 0 Å². The van der Waals surface area contributed by atoms with E-state index in [-0.39, 0.29) is 0 Å². The van der Waals surface area contributed by atoms with Crippen molar-refractivity contribution in [3.05, 3.63) is 576 Å². The SMILES string of the molecule is CN(c1ccccc1)c1ccc(-n2c3ccc(-c4ccc(-c5ccccc5)cc4)cc3c3cc(-c4ccc(-c5ccccc5)cc4)ccc32)cc1.CN(c1ccccc1)c1ccc(-n2c3ccc(-c4ccc5ccccc5c4)cc3c3cc(-c4ccc5ccccc5c4)ccc32)cc1.CN(c1ccccc1)c1ccc(-n2c3ccc(-c4cccc(-c5ccccc5)c4)cc3c3cc(-c4cccc(-c5ccccc5)c4)ccc32)cc1. The molecule has 0 atom stereocenters. The molecule has 27 aromatic rings. The molecule has 0 radical (unpaired) electrons. The number of para-hydroxylation sites is 3. The standard InChI is InChI=1S/2C49H36N2.C45H32N2/c1-50(43-21-9-4-10-22-43)44-25-27-45(28-26-44)51-48-29-23-41(39-19-11-17-37(31-39)35-13-5-2-6-14-35)33-46(48)47-34-42(24-30-49(47)51)40-20-12-18-38(32-40)36-15-7-3-8-16-36;1-50(43-15-9-4-10-16-43)44-27-29-45(30-28-44)51-48-31-25-41(39-21-17-37(18-22-39)35-11-5-2-6-12-35)33-46(48)47-34-42(26-32-49(47)51)40-23-19-38(20-24-40)36-13-7-3-8-14-36;1-46(39-13-3-2-4-14-39)40-21-23-41(24-22-40)47-44-25-19-37(35-17-15-31-9-5-7-11-33(31)27-35)29-42(44)43-30-38(20-26-45(43)47)36-18-16-32-10-6-8-12-34(32)28-36/h2*2-34H,1H3;2-30H,1H3. The molecule has 0 amide bonds. The Hall–Kier alpha value is -19.4. The minimum absolute atomic E-state index is 1.14. The summed E-state index contributed by atoms with van der Waals surface area (Å²) in [5.74, 6) is 0. The summed E-state index contributed by atoms with van der Waals surface area (Å²) in [7, 11) is 6.35. The molecule has 0 spiro atoms. The van der Waals surface area contributed by atoms with Crippen LogP contribution in [0.15, 0.2) is 576 Å². The lowest BCUT2D eigenvalue weighted by molar-refractivity contribution is 1.16. The van der Waals surface area contributed by atoms with Crippen molar-refractivity contribution < 1.29 is 0 Å². The summed E-state index contributed by atoms with van der Waals surface area (Å²) < 4.78 is 7.22. The van der Waals surface area contributed by atoms with Crippen LogP contribution in [0.3, 0.4) is 0 Å². The lowest BCUT2D eigenvalue weighted by Crippen LogP contribution is -2.09. The molecular formula is C143H104N6. The highest BCUT2D eigenvalue weighted by Gasteiger charge is 2.23. The molecule has 0 aliphatic carbocycles. The van der Waals surface area contributed by atoms with Crippen molar-refractivity contribution in [1.82, 2.24) is 13.7 Å². The minimum Gasteiger partial charge on any atom is -0.345 e. The van der Waals surface area contributed by atoms with Crippen molar-refractivity contribution in [1.29, 1.82) is 0 Å². The van der Waals surface area contributed by atoms with Crippen LogP contribution in [0.2, 0.25) is 0 Å². The zero-order valence-corrected chi connectivity index (χ0v) is 83.0. The number of benzene rings is 24. The monoisotopic (exact) mass is 1900 g/mol. The smallest absolute Gasteiger partial charge is 0.0541 e. The summed E-state index contributed by atoms with van der Waals surface area (Å²) in [6, 6.07) is 208. The van der Waals surface area contributed by atoms with E-state index in [0.717, 1.165) is 45.5 Å². The molecule has 706 valence electrons. The van der Waals surface area contributed by atoms with E-state index in [4.69, 9.17) is 0 Å². The fraction of sp³-hybridized carbons (Fsp3) is 0.0210. The number of anilines is 6. The summed E-state index contributed by atoms with van der Waals surface area (Å²) in [4.78, 5) is 6.67. The van der Waals surface area contributed by atoms with Crippen molar-refractivity contribution in [2.45, 2.75) is 0 Å². The number of fused-ring (bicyclic) bond motifs is 11. The van der Waals surface area contributed by atoms with Gasteiger partial charge in [0.2, 0.25) is 0 Å². The van der Waals surface area contributed by atoms with Crippen molar-refractivity contribution in [3.63, 3.8) is 0 Å². The molecule has 0 unspecified atom stereocenters. The van der Waals surface area contributed by atoms with Gasteiger partial charge in [0, 0.05) is 105 Å². The Balaban J connectivity index is 0.000000116. The largest absolute Gasteiger partial charge is 0.345 e. The van der Waals surface area contributed by atoms with Gasteiger partial charge in [-0.25, -0.2) is 0 Å². The summed E-state index contributed by atoms with van der Waals surface area (Å²) in [5, 5.41) is 12.5. The fourth-order valence-electron chi connectivity index (χ4n) is 21.6. The second-order valence-electron chi connectivity index (χ2n) is 38.5. The molecule has 3 aromatic heterocycles. The Morgan fingerprint density at radius 2 is 0.275 bits per heavy atom. The van der Waals surface area contributed by atoms with Gasteiger partial charge >= 0.3 is 0 Å². The number of hydrogen-bond acceptors (Lipinski definition) is 3. The third-order valence-corrected chi connectivity index (χ3v) is 29.6. The number of rotatable bonds is 19. The number of aromatic nitrogens is 3. The van der Waals surface area contributed by atoms with E-state index < -0.39 is 0 Å². The molecule has 0 fully saturated rings. The van der Waals surface area contributed by atoms with Crippen LogP contribution in [-0.2, 0) is 0 Å². The highest BCUT2D eigenvalue weighted by atomic mass is 15.1. The predicted octanol–water partition coefficient (Wildman–Crippen LogP) is 38.6. The number of nitrogens with zero attached hydrogens (tertiary/aromatic N) is 6. The third-order valence-electron chi connectivity index (χ3n) is 29.6. The first-order valence-corrected chi connectivity index (χ1v) is 51.1. The topological polar surface area (TPSA) is 24.5 Å². The normalized spacial score (nSPS) is 11.3. The molecule has 149 heavy (non-hydrogen) atoms. The second kappa shape index (κ2) is 40.1. The Kier molecular flexibility index (Phi) is 24.4. The zero-order valence-electron chi connectivity index (χ0n) is 83.0. The van der Waals surface area contributed by atoms with Crippen molar-refractivity contribution in [2.75, 3.05) is 35.8 Å². The first kappa shape index (κ1) is 90.8. The average Bonchev–Trinajstić information content (AvgIpc) is 1.59. The van der Waals surface area contributed by atoms with Gasteiger partial charge in [0.1, 0.15) is 0 Å². The maximum absolute atomic E-state index is 2.41. The van der Waals surface area contributed by atoms with Crippen LogP contribution in [0.4, 0.5) is 34.1 Å². The van der Waals surface area contributed by atoms with Crippen LogP contribution >= 0.6 is 0 Å². The van der Waals surface area contributed by atoms with Crippen LogP contribution in [-0.4, -0.2) is 34.8 Å². The summed E-state index contributed by atoms with van der Waals surface area (Å²) in [6.07, 6.45) is 0. The lowest BCUT2D eigenvalue weighted by Gasteiger charge is -2.20. The Bertz CT molecular complexity index is 9120. The molecule has 0 aliphatic heterocycles. The first-order valence-electron chi connectivity index (χ1n) is 51.1. The molecule has 6 nitrogen and oxygen atoms in total. The number of hydrogen-bond donors (Lipinski definition) is 0. The van der Waals surface area contributed by atoms with Crippen molar-refractivity contribution in [3.8, 4) is 128 Å². The van der Waals surface area contributed by atoms with E-state index in [1.807, 2.05) is 0 Å². The van der Waals surface area contributed by atoms with Gasteiger partial charge in [0.05, 0.1) is 33.1 Å². The highest BCUT2D eigenvalue weighted by molar-refractivity contribution is 6.15. The molecule has 0 N–H and O–H groups in total. The van der Waals surface area contributed by atoms with Crippen LogP contribution in [0, 0.1) is 0 Å². The molecule has 3 heterocycles. The average molecular weight is 1910 g/mol. The minimum atomic E-state index is 1.14. The van der Waals surface area contributed by atoms with E-state index in [1.165, 1.54) is 204 Å². The van der Waals surface area contributed by atoms with E-state index in [1.54, 1.807) is 0 Å². The molecule has 24 aromatic carbocycles. The lowest BCUT2D eigenvalue weighted by atomic mass is 9.96. The highest BCUT2D eigenvalue weighted by Crippen LogP contribution is 2.46. The second-order valence-corrected chi connectivity index (χ2v) is 38.5. The quantitative estimate of drug-likeness (QED) is 0.0806. The predicted molar refractivity (Wildman–Crippen MR) is 635 cm³/mol. The van der Waals surface area contributed by atoms with E-state index in [9.17, 15) is 0 Å². The molecular weight excluding hydrogens is 1800 g/mol. The van der Waals surface area contributed by atoms with Gasteiger partial charge in [-0.15, -0.1) is 0 Å². The zero-order chi connectivity index (χ0) is 99.6. The van der Waals surface area contributed by atoms with Crippen molar-refractivity contribution in [2.24, 2.45) is 0 Å². The van der Waals surface area contributed by atoms with Gasteiger partial charge < -0.3 is 28.4 Å². The Labute approximate surface area is 869 Å². The van der Waals surface area contributed by atoms with Gasteiger partial charge in [0.15, 0.2) is 0 Å². The van der Waals surface area contributed by atoms with Crippen LogP contribution in [0.25, 0.3) is 215 Å². The summed E-state index contributed by atoms with van der Waals surface area (Å²) >= 11 is 0. The third kappa shape index (κ3) is 18.2. The van der Waals surface area contributed by atoms with Crippen LogP contribution < -0.4 is 14.7 Å². The van der Waals surface area contributed by atoms with Gasteiger partial charge in [-0.05, 0) is 339 Å². The van der Waals surface area contributed by atoms with E-state index >= 15 is 0 Å². The Morgan fingerprint density at radius 1 is 0.114 bits per heavy atom. The van der Waals surface area contributed by atoms with Gasteiger partial charge in [-0.3, -0.25) is 0 Å². The van der Waals surface area contributed by atoms with Crippen LogP contribution in [0.1, 0.15) is 0 Å². The molecule has 0 saturated carbocycles. The molecule has 0 bridgehead atoms. The molecule has 6 heteroatoms. The molecule has 0 aliphatic rings. The molecule has 27 rings (SSSR count). The van der Waals surface area contributed by atoms with E-state index in [2.05, 4.69) is 626 Å². The van der Waals surface area contributed by atoms with Gasteiger partial charge in [0.25, 0.3) is 0 Å². The summed E-state index contributed by atoms with van der Waals surface area (Å²) in [5.41, 5.74) is 41.8. The fourth-order valence-corrected chi connectivity index (χ4v) is 21.6. The first-order chi connectivity index (χ1) is 73.6. The van der Waals surface area contributed by atoms with Gasteiger partial charge in [-0.1, -0.05) is 370 Å². The van der Waals surface area contributed by atoms with Crippen molar-refractivity contribution >= 4 is 121 Å². The maximum Gasteiger partial charge on any atom is 0.0541 e. The van der Waals surface area contributed by atoms with Crippen LogP contribution in [0.5, 0.6) is 0 Å². The summed E-state index contributed by atoms with van der Waals surface area (Å²) in [6.45, 7) is 0. The maximum atomic E-state index is 2.41. The van der Waals surface area contributed by atoms with Gasteiger partial charge in [-0.2, -0.15) is 0 Å². The Morgan fingerprint density at radius 3 is 0.530 bits per heavy atom. The molecule has 0 saturated heterocycles.